The minimum absolute atomic E-state index is 0.0276. The van der Waals surface area contributed by atoms with Crippen molar-refractivity contribution in [1.82, 2.24) is 5.32 Å². The lowest BCUT2D eigenvalue weighted by Crippen LogP contribution is -2.43. The number of hydrogen-bond acceptors (Lipinski definition) is 2. The van der Waals surface area contributed by atoms with Crippen LogP contribution in [0.15, 0.2) is 24.3 Å². The van der Waals surface area contributed by atoms with Crippen LogP contribution >= 0.6 is 0 Å². The van der Waals surface area contributed by atoms with Crippen molar-refractivity contribution in [2.45, 2.75) is 50.4 Å². The van der Waals surface area contributed by atoms with Gasteiger partial charge in [0.25, 0.3) is 0 Å². The summed E-state index contributed by atoms with van der Waals surface area (Å²) in [5.41, 5.74) is 6.92. The predicted molar refractivity (Wildman–Crippen MR) is 89.4 cm³/mol. The van der Waals surface area contributed by atoms with E-state index in [0.29, 0.717) is 19.0 Å². The molecule has 1 aromatic carbocycles. The molecule has 126 valence electrons. The van der Waals surface area contributed by atoms with E-state index in [0.717, 1.165) is 37.7 Å². The molecular formula is C19H27FN2O. The van der Waals surface area contributed by atoms with Crippen molar-refractivity contribution in [1.29, 1.82) is 0 Å². The number of carbonyl (C=O) groups is 1. The molecule has 0 heterocycles. The summed E-state index contributed by atoms with van der Waals surface area (Å²) in [5, 5.41) is 3.20. The van der Waals surface area contributed by atoms with Gasteiger partial charge < -0.3 is 11.1 Å². The van der Waals surface area contributed by atoms with Crippen molar-refractivity contribution in [3.05, 3.63) is 35.6 Å². The van der Waals surface area contributed by atoms with Crippen LogP contribution in [0.25, 0.3) is 0 Å². The molecule has 2 saturated carbocycles. The van der Waals surface area contributed by atoms with Gasteiger partial charge in [-0.05, 0) is 55.8 Å². The van der Waals surface area contributed by atoms with Crippen LogP contribution in [-0.2, 0) is 10.2 Å². The first-order valence-electron chi connectivity index (χ1n) is 8.88. The fourth-order valence-electron chi connectivity index (χ4n) is 4.47. The average molecular weight is 318 g/mol. The lowest BCUT2D eigenvalue weighted by atomic mass is 9.78. The Labute approximate surface area is 137 Å². The lowest BCUT2D eigenvalue weighted by Gasteiger charge is -2.31. The second-order valence-electron chi connectivity index (χ2n) is 7.25. The van der Waals surface area contributed by atoms with E-state index in [-0.39, 0.29) is 23.1 Å². The van der Waals surface area contributed by atoms with Crippen molar-refractivity contribution >= 4 is 5.91 Å². The first-order chi connectivity index (χ1) is 11.1. The number of nitrogens with two attached hydrogens (primary N) is 1. The van der Waals surface area contributed by atoms with Crippen molar-refractivity contribution in [2.24, 2.45) is 17.6 Å². The first kappa shape index (κ1) is 16.4. The van der Waals surface area contributed by atoms with E-state index >= 15 is 0 Å². The van der Waals surface area contributed by atoms with E-state index in [1.165, 1.54) is 25.0 Å². The maximum atomic E-state index is 13.2. The Hall–Kier alpha value is -1.42. The van der Waals surface area contributed by atoms with Crippen LogP contribution in [0, 0.1) is 17.7 Å². The molecule has 0 aliphatic heterocycles. The summed E-state index contributed by atoms with van der Waals surface area (Å²) in [6.45, 7) is 1.26. The van der Waals surface area contributed by atoms with Crippen LogP contribution in [0.2, 0.25) is 0 Å². The van der Waals surface area contributed by atoms with Gasteiger partial charge >= 0.3 is 0 Å². The van der Waals surface area contributed by atoms with Gasteiger partial charge in [-0.15, -0.1) is 0 Å². The van der Waals surface area contributed by atoms with Gasteiger partial charge in [-0.3, -0.25) is 4.79 Å². The molecule has 0 unspecified atom stereocenters. The highest BCUT2D eigenvalue weighted by Crippen LogP contribution is 2.41. The highest BCUT2D eigenvalue weighted by Gasteiger charge is 2.38. The number of halogens is 1. The molecular weight excluding hydrogens is 291 g/mol. The summed E-state index contributed by atoms with van der Waals surface area (Å²) >= 11 is 0. The van der Waals surface area contributed by atoms with Crippen LogP contribution in [0.3, 0.4) is 0 Å². The summed E-state index contributed by atoms with van der Waals surface area (Å²) in [5.74, 6) is 0.362. The molecule has 2 fully saturated rings. The van der Waals surface area contributed by atoms with Gasteiger partial charge in [-0.25, -0.2) is 4.39 Å². The third kappa shape index (κ3) is 3.42. The smallest absolute Gasteiger partial charge is 0.223 e. The molecule has 23 heavy (non-hydrogen) atoms. The molecule has 2 atom stereocenters. The Balaban J connectivity index is 1.68. The molecule has 3 rings (SSSR count). The lowest BCUT2D eigenvalue weighted by molar-refractivity contribution is -0.126. The highest BCUT2D eigenvalue weighted by molar-refractivity contribution is 5.79. The van der Waals surface area contributed by atoms with Gasteiger partial charge in [-0.1, -0.05) is 31.4 Å². The second-order valence-corrected chi connectivity index (χ2v) is 7.25. The van der Waals surface area contributed by atoms with Gasteiger partial charge in [0, 0.05) is 17.9 Å². The van der Waals surface area contributed by atoms with Crippen LogP contribution in [-0.4, -0.2) is 19.0 Å². The SMILES string of the molecule is NC[C@H]1CCC[C@H]1C(=O)NCC1(c2ccc(F)cc2)CCCC1. The third-order valence-corrected chi connectivity index (χ3v) is 5.92. The number of benzene rings is 1. The standard InChI is InChI=1S/C19H27FN2O/c20-16-8-6-15(7-9-16)19(10-1-2-11-19)13-22-18(23)17-5-3-4-14(17)12-21/h6-9,14,17H,1-5,10-13,21H2,(H,22,23)/t14-,17-/m1/s1. The van der Waals surface area contributed by atoms with Crippen molar-refractivity contribution in [3.63, 3.8) is 0 Å². The van der Waals surface area contributed by atoms with Crippen molar-refractivity contribution in [3.8, 4) is 0 Å². The summed E-state index contributed by atoms with van der Waals surface area (Å²) in [6.07, 6.45) is 7.58. The van der Waals surface area contributed by atoms with E-state index < -0.39 is 0 Å². The van der Waals surface area contributed by atoms with E-state index in [1.54, 1.807) is 0 Å². The topological polar surface area (TPSA) is 55.1 Å². The van der Waals surface area contributed by atoms with Gasteiger partial charge in [0.05, 0.1) is 0 Å². The largest absolute Gasteiger partial charge is 0.355 e. The molecule has 2 aliphatic carbocycles. The minimum atomic E-state index is -0.206. The zero-order valence-electron chi connectivity index (χ0n) is 13.7. The summed E-state index contributed by atoms with van der Waals surface area (Å²) < 4.78 is 13.2. The Morgan fingerprint density at radius 2 is 1.87 bits per heavy atom. The molecule has 0 aromatic heterocycles. The minimum Gasteiger partial charge on any atom is -0.355 e. The molecule has 3 nitrogen and oxygen atoms in total. The monoisotopic (exact) mass is 318 g/mol. The number of hydrogen-bond donors (Lipinski definition) is 2. The normalized spacial score (nSPS) is 26.3. The number of amides is 1. The van der Waals surface area contributed by atoms with E-state index in [4.69, 9.17) is 5.73 Å². The molecule has 4 heteroatoms. The van der Waals surface area contributed by atoms with Gasteiger partial charge in [0.1, 0.15) is 5.82 Å². The Morgan fingerprint density at radius 1 is 1.17 bits per heavy atom. The quantitative estimate of drug-likeness (QED) is 0.876. The van der Waals surface area contributed by atoms with E-state index in [1.807, 2.05) is 12.1 Å². The molecule has 2 aliphatic rings. The fraction of sp³-hybridized carbons (Fsp3) is 0.632. The molecule has 1 amide bonds. The molecule has 1 aromatic rings. The first-order valence-corrected chi connectivity index (χ1v) is 8.88. The predicted octanol–water partition coefficient (Wildman–Crippen LogP) is 3.13. The summed E-state index contributed by atoms with van der Waals surface area (Å²) in [7, 11) is 0. The number of nitrogens with one attached hydrogen (secondary N) is 1. The van der Waals surface area contributed by atoms with Gasteiger partial charge in [-0.2, -0.15) is 0 Å². The molecule has 0 radical (unpaired) electrons. The zero-order chi connectivity index (χ0) is 16.3. The number of carbonyl (C=O) groups excluding carboxylic acids is 1. The van der Waals surface area contributed by atoms with Crippen molar-refractivity contribution in [2.75, 3.05) is 13.1 Å². The van der Waals surface area contributed by atoms with Crippen LogP contribution in [0.1, 0.15) is 50.5 Å². The molecule has 0 bridgehead atoms. The Bertz CT molecular complexity index is 537. The van der Waals surface area contributed by atoms with E-state index in [9.17, 15) is 9.18 Å². The fourth-order valence-corrected chi connectivity index (χ4v) is 4.47. The van der Waals surface area contributed by atoms with Crippen LogP contribution < -0.4 is 11.1 Å². The number of rotatable bonds is 5. The van der Waals surface area contributed by atoms with E-state index in [2.05, 4.69) is 5.32 Å². The Kier molecular flexibility index (Phi) is 5.00. The summed E-state index contributed by atoms with van der Waals surface area (Å²) in [4.78, 5) is 12.6. The maximum absolute atomic E-state index is 13.2. The molecule has 0 spiro atoms. The van der Waals surface area contributed by atoms with Crippen molar-refractivity contribution < 1.29 is 9.18 Å². The maximum Gasteiger partial charge on any atom is 0.223 e. The highest BCUT2D eigenvalue weighted by atomic mass is 19.1. The summed E-state index contributed by atoms with van der Waals surface area (Å²) in [6, 6.07) is 6.81. The van der Waals surface area contributed by atoms with Gasteiger partial charge in [0.15, 0.2) is 0 Å². The zero-order valence-corrected chi connectivity index (χ0v) is 13.7. The molecule has 3 N–H and O–H groups in total. The van der Waals surface area contributed by atoms with Crippen LogP contribution in [0.4, 0.5) is 4.39 Å². The van der Waals surface area contributed by atoms with Crippen LogP contribution in [0.5, 0.6) is 0 Å². The average Bonchev–Trinajstić information content (AvgIpc) is 3.23. The molecule has 0 saturated heterocycles. The third-order valence-electron chi connectivity index (χ3n) is 5.92. The second kappa shape index (κ2) is 7.00. The Morgan fingerprint density at radius 3 is 2.52 bits per heavy atom. The van der Waals surface area contributed by atoms with Gasteiger partial charge in [0.2, 0.25) is 5.91 Å².